The molecule has 0 bridgehead atoms. The normalized spacial score (nSPS) is 15.4. The Kier molecular flexibility index (Phi) is 11.8. The zero-order chi connectivity index (χ0) is 22.5. The van der Waals surface area contributed by atoms with Crippen LogP contribution in [0.4, 0.5) is 0 Å². The van der Waals surface area contributed by atoms with Crippen molar-refractivity contribution in [1.82, 2.24) is 4.98 Å². The topological polar surface area (TPSA) is 68.7 Å². The molecule has 0 fully saturated rings. The van der Waals surface area contributed by atoms with Gasteiger partial charge >= 0.3 is 5.97 Å². The monoisotopic (exact) mass is 415 g/mol. The molecule has 0 aliphatic rings. The van der Waals surface area contributed by atoms with Crippen LogP contribution in [0, 0.1) is 5.92 Å². The average Bonchev–Trinajstić information content (AvgIpc) is 2.76. The van der Waals surface area contributed by atoms with Crippen molar-refractivity contribution < 1.29 is 19.4 Å². The molecule has 0 aromatic carbocycles. The average molecular weight is 416 g/mol. The number of pyridine rings is 1. The van der Waals surface area contributed by atoms with Gasteiger partial charge in [0, 0.05) is 12.8 Å². The van der Waals surface area contributed by atoms with Gasteiger partial charge in [-0.15, -0.1) is 0 Å². The first-order chi connectivity index (χ1) is 14.4. The SMILES string of the molecule is C=C/C(=C\C=C(/C(C)CC)C(CC)OCCCC(C)c1cncc(OC)c1)C(=O)O. The number of carboxylic acid groups (broad SMARTS) is 1. The van der Waals surface area contributed by atoms with Crippen molar-refractivity contribution in [2.75, 3.05) is 13.7 Å². The van der Waals surface area contributed by atoms with Gasteiger partial charge in [0.1, 0.15) is 5.75 Å². The van der Waals surface area contributed by atoms with E-state index in [0.29, 0.717) is 18.4 Å². The van der Waals surface area contributed by atoms with Crippen molar-refractivity contribution in [2.24, 2.45) is 5.92 Å². The van der Waals surface area contributed by atoms with E-state index >= 15 is 0 Å². The first-order valence-corrected chi connectivity index (χ1v) is 10.8. The summed E-state index contributed by atoms with van der Waals surface area (Å²) in [6.07, 6.45) is 12.2. The van der Waals surface area contributed by atoms with Crippen LogP contribution < -0.4 is 4.74 Å². The third-order valence-electron chi connectivity index (χ3n) is 5.49. The van der Waals surface area contributed by atoms with Crippen LogP contribution in [0.3, 0.4) is 0 Å². The molecule has 1 N–H and O–H groups in total. The van der Waals surface area contributed by atoms with E-state index in [2.05, 4.69) is 39.3 Å². The van der Waals surface area contributed by atoms with Gasteiger partial charge in [-0.05, 0) is 60.8 Å². The number of nitrogens with zero attached hydrogens (tertiary/aromatic N) is 1. The lowest BCUT2D eigenvalue weighted by Crippen LogP contribution is -2.20. The number of rotatable bonds is 14. The first kappa shape index (κ1) is 25.6. The second kappa shape index (κ2) is 13.8. The van der Waals surface area contributed by atoms with Crippen LogP contribution in [-0.4, -0.2) is 35.9 Å². The molecule has 0 aliphatic carbocycles. The number of ether oxygens (including phenoxy) is 2. The highest BCUT2D eigenvalue weighted by atomic mass is 16.5. The molecular weight excluding hydrogens is 378 g/mol. The van der Waals surface area contributed by atoms with Crippen LogP contribution in [0.1, 0.15) is 64.9 Å². The van der Waals surface area contributed by atoms with Gasteiger partial charge in [0.15, 0.2) is 0 Å². The third kappa shape index (κ3) is 8.15. The molecule has 1 rings (SSSR count). The molecule has 1 heterocycles. The zero-order valence-electron chi connectivity index (χ0n) is 19.1. The maximum atomic E-state index is 11.2. The van der Waals surface area contributed by atoms with Crippen molar-refractivity contribution >= 4 is 5.97 Å². The van der Waals surface area contributed by atoms with E-state index in [1.54, 1.807) is 19.4 Å². The lowest BCUT2D eigenvalue weighted by molar-refractivity contribution is -0.132. The molecule has 0 saturated carbocycles. The molecule has 3 atom stereocenters. The predicted octanol–water partition coefficient (Wildman–Crippen LogP) is 5.94. The molecule has 5 heteroatoms. The molecule has 1 aromatic heterocycles. The van der Waals surface area contributed by atoms with Crippen molar-refractivity contribution in [3.63, 3.8) is 0 Å². The molecule has 3 unspecified atom stereocenters. The van der Waals surface area contributed by atoms with Crippen LogP contribution in [0.2, 0.25) is 0 Å². The maximum Gasteiger partial charge on any atom is 0.335 e. The lowest BCUT2D eigenvalue weighted by Gasteiger charge is -2.24. The number of carbonyl (C=O) groups is 1. The summed E-state index contributed by atoms with van der Waals surface area (Å²) >= 11 is 0. The van der Waals surface area contributed by atoms with Gasteiger partial charge in [-0.1, -0.05) is 46.4 Å². The molecule has 0 amide bonds. The Bertz CT molecular complexity index is 738. The van der Waals surface area contributed by atoms with Crippen molar-refractivity contribution in [3.8, 4) is 5.75 Å². The largest absolute Gasteiger partial charge is 0.495 e. The number of allylic oxidation sites excluding steroid dienone is 2. The van der Waals surface area contributed by atoms with Gasteiger partial charge < -0.3 is 14.6 Å². The van der Waals surface area contributed by atoms with E-state index in [4.69, 9.17) is 9.47 Å². The number of hydrogen-bond acceptors (Lipinski definition) is 4. The molecule has 166 valence electrons. The standard InChI is InChI=1S/C25H37NO4/c1-7-18(4)23(13-12-20(8-2)25(27)28)24(9-3)30-14-10-11-19(5)21-15-22(29-6)17-26-16-21/h8,12-13,15-19,24H,2,7,9-11,14H2,1,3-6H3,(H,27,28)/b20-12+,23-13+. The number of hydrogen-bond donors (Lipinski definition) is 1. The van der Waals surface area contributed by atoms with Crippen LogP contribution >= 0.6 is 0 Å². The fraction of sp³-hybridized carbons (Fsp3) is 0.520. The summed E-state index contributed by atoms with van der Waals surface area (Å²) in [5.74, 6) is 0.486. The Hall–Kier alpha value is -2.40. The maximum absolute atomic E-state index is 11.2. The molecule has 0 radical (unpaired) electrons. The van der Waals surface area contributed by atoms with Crippen molar-refractivity contribution in [1.29, 1.82) is 0 Å². The fourth-order valence-corrected chi connectivity index (χ4v) is 3.29. The van der Waals surface area contributed by atoms with E-state index in [9.17, 15) is 9.90 Å². The molecular formula is C25H37NO4. The minimum atomic E-state index is -0.972. The number of aromatic nitrogens is 1. The summed E-state index contributed by atoms with van der Waals surface area (Å²) in [5, 5.41) is 9.22. The molecule has 0 saturated heterocycles. The Morgan fingerprint density at radius 2 is 1.97 bits per heavy atom. The van der Waals surface area contributed by atoms with E-state index in [0.717, 1.165) is 42.6 Å². The smallest absolute Gasteiger partial charge is 0.335 e. The number of methoxy groups -OCH3 is 1. The summed E-state index contributed by atoms with van der Waals surface area (Å²) in [5.41, 5.74) is 2.48. The quantitative estimate of drug-likeness (QED) is 0.231. The molecule has 5 nitrogen and oxygen atoms in total. The predicted molar refractivity (Wildman–Crippen MR) is 122 cm³/mol. The van der Waals surface area contributed by atoms with Gasteiger partial charge in [-0.3, -0.25) is 4.98 Å². The molecule has 0 spiro atoms. The minimum Gasteiger partial charge on any atom is -0.495 e. The number of aliphatic carboxylic acids is 1. The Balaban J connectivity index is 2.74. The fourth-order valence-electron chi connectivity index (χ4n) is 3.29. The van der Waals surface area contributed by atoms with Crippen molar-refractivity contribution in [3.05, 3.63) is 60.0 Å². The highest BCUT2D eigenvalue weighted by Gasteiger charge is 2.18. The molecule has 0 aliphatic heterocycles. The van der Waals surface area contributed by atoms with E-state index in [1.165, 1.54) is 6.08 Å². The Morgan fingerprint density at radius 1 is 1.23 bits per heavy atom. The highest BCUT2D eigenvalue weighted by Crippen LogP contribution is 2.26. The van der Waals surface area contributed by atoms with E-state index < -0.39 is 5.97 Å². The van der Waals surface area contributed by atoms with E-state index in [1.807, 2.05) is 18.3 Å². The molecule has 1 aromatic rings. The van der Waals surface area contributed by atoms with Crippen LogP contribution in [0.25, 0.3) is 0 Å². The molecule has 30 heavy (non-hydrogen) atoms. The van der Waals surface area contributed by atoms with Gasteiger partial charge in [-0.25, -0.2) is 4.79 Å². The van der Waals surface area contributed by atoms with Crippen LogP contribution in [0.5, 0.6) is 5.75 Å². The lowest BCUT2D eigenvalue weighted by atomic mass is 9.91. The van der Waals surface area contributed by atoms with Gasteiger partial charge in [0.2, 0.25) is 0 Å². The Labute approximate surface area is 181 Å². The van der Waals surface area contributed by atoms with E-state index in [-0.39, 0.29) is 11.7 Å². The summed E-state index contributed by atoms with van der Waals surface area (Å²) in [4.78, 5) is 15.5. The summed E-state index contributed by atoms with van der Waals surface area (Å²) in [6, 6.07) is 2.03. The summed E-state index contributed by atoms with van der Waals surface area (Å²) in [6.45, 7) is 12.8. The third-order valence-corrected chi connectivity index (χ3v) is 5.49. The zero-order valence-corrected chi connectivity index (χ0v) is 19.1. The van der Waals surface area contributed by atoms with Gasteiger partial charge in [-0.2, -0.15) is 0 Å². The van der Waals surface area contributed by atoms with Gasteiger partial charge in [0.05, 0.1) is 25.0 Å². The first-order valence-electron chi connectivity index (χ1n) is 10.8. The van der Waals surface area contributed by atoms with Gasteiger partial charge in [0.25, 0.3) is 0 Å². The minimum absolute atomic E-state index is 0.0233. The van der Waals surface area contributed by atoms with Crippen LogP contribution in [0.15, 0.2) is 54.4 Å². The van der Waals surface area contributed by atoms with Crippen LogP contribution in [-0.2, 0) is 9.53 Å². The number of carboxylic acids is 1. The summed E-state index contributed by atoms with van der Waals surface area (Å²) in [7, 11) is 1.65. The summed E-state index contributed by atoms with van der Waals surface area (Å²) < 4.78 is 11.5. The second-order valence-corrected chi connectivity index (χ2v) is 7.58. The Morgan fingerprint density at radius 3 is 2.53 bits per heavy atom. The second-order valence-electron chi connectivity index (χ2n) is 7.58. The highest BCUT2D eigenvalue weighted by molar-refractivity contribution is 5.90. The van der Waals surface area contributed by atoms with Crippen molar-refractivity contribution in [2.45, 2.75) is 65.4 Å².